The summed E-state index contributed by atoms with van der Waals surface area (Å²) in [6.45, 7) is 11.4. The molecule has 27 heavy (non-hydrogen) atoms. The third-order valence-electron chi connectivity index (χ3n) is 5.17. The zero-order valence-corrected chi connectivity index (χ0v) is 17.4. The zero-order chi connectivity index (χ0) is 20.0. The maximum Gasteiger partial charge on any atom is 0.246 e. The van der Waals surface area contributed by atoms with Gasteiger partial charge in [-0.25, -0.2) is 0 Å². The number of carbonyl (C=O) groups excluding carboxylic acids is 1. The largest absolute Gasteiger partial charge is 0.483 e. The number of hydrogen-bond donors (Lipinski definition) is 1. The average molecular weight is 375 g/mol. The molecule has 1 N–H and O–H groups in total. The lowest BCUT2D eigenvalue weighted by Crippen LogP contribution is -2.53. The number of hydrogen-bond acceptors (Lipinski definition) is 5. The molecule has 0 aromatic rings. The molecule has 2 rings (SSSR count). The van der Waals surface area contributed by atoms with Gasteiger partial charge in [0.05, 0.1) is 19.7 Å². The van der Waals surface area contributed by atoms with Crippen molar-refractivity contribution in [1.29, 1.82) is 0 Å². The Morgan fingerprint density at radius 3 is 2.85 bits per heavy atom. The van der Waals surface area contributed by atoms with Crippen LogP contribution in [-0.2, 0) is 9.53 Å². The van der Waals surface area contributed by atoms with Gasteiger partial charge >= 0.3 is 0 Å². The van der Waals surface area contributed by atoms with Gasteiger partial charge in [-0.05, 0) is 37.8 Å². The van der Waals surface area contributed by atoms with Crippen molar-refractivity contribution in [3.05, 3.63) is 36.4 Å². The summed E-state index contributed by atoms with van der Waals surface area (Å²) in [5.74, 6) is 1.62. The smallest absolute Gasteiger partial charge is 0.246 e. The molecule has 2 aliphatic heterocycles. The van der Waals surface area contributed by atoms with Gasteiger partial charge < -0.3 is 19.9 Å². The van der Waals surface area contributed by atoms with Gasteiger partial charge in [0.15, 0.2) is 5.88 Å². The summed E-state index contributed by atoms with van der Waals surface area (Å²) >= 11 is 0. The van der Waals surface area contributed by atoms with Crippen molar-refractivity contribution in [3.8, 4) is 0 Å². The first-order valence-electron chi connectivity index (χ1n) is 9.84. The molecule has 0 aromatic heterocycles. The topological polar surface area (TPSA) is 57.2 Å². The molecule has 2 atom stereocenters. The third-order valence-corrected chi connectivity index (χ3v) is 5.17. The number of amidine groups is 1. The van der Waals surface area contributed by atoms with Gasteiger partial charge in [0, 0.05) is 19.3 Å². The van der Waals surface area contributed by atoms with Crippen molar-refractivity contribution >= 4 is 11.7 Å². The Kier molecular flexibility index (Phi) is 7.51. The van der Waals surface area contributed by atoms with Crippen molar-refractivity contribution in [1.82, 2.24) is 15.1 Å². The highest BCUT2D eigenvalue weighted by molar-refractivity contribution is 5.95. The van der Waals surface area contributed by atoms with Gasteiger partial charge in [-0.3, -0.25) is 9.79 Å². The van der Waals surface area contributed by atoms with Gasteiger partial charge in [0.25, 0.3) is 0 Å². The molecule has 150 valence electrons. The van der Waals surface area contributed by atoms with Gasteiger partial charge in [-0.15, -0.1) is 0 Å². The van der Waals surface area contributed by atoms with Crippen LogP contribution in [-0.4, -0.2) is 60.9 Å². The molecule has 1 saturated heterocycles. The van der Waals surface area contributed by atoms with Crippen LogP contribution >= 0.6 is 0 Å². The Hall–Kier alpha value is -2.24. The van der Waals surface area contributed by atoms with Crippen LogP contribution in [0, 0.1) is 5.92 Å². The molecule has 1 amide bonds. The molecule has 0 spiro atoms. The first kappa shape index (κ1) is 21.1. The second-order valence-corrected chi connectivity index (χ2v) is 7.41. The SMILES string of the molecule is C=C(N[C@H](C(=O)N1CCC[C@H]1C1=NC/C(=C\C=C/CC)N1C)C(C)C)OC. The second-order valence-electron chi connectivity index (χ2n) is 7.41. The number of rotatable bonds is 8. The number of allylic oxidation sites excluding steroid dienone is 3. The van der Waals surface area contributed by atoms with E-state index < -0.39 is 0 Å². The highest BCUT2D eigenvalue weighted by Crippen LogP contribution is 2.26. The van der Waals surface area contributed by atoms with Crippen LogP contribution in [0.4, 0.5) is 0 Å². The van der Waals surface area contributed by atoms with Crippen LogP contribution < -0.4 is 5.32 Å². The minimum absolute atomic E-state index is 0.0300. The van der Waals surface area contributed by atoms with E-state index in [-0.39, 0.29) is 23.9 Å². The van der Waals surface area contributed by atoms with E-state index in [1.54, 1.807) is 7.11 Å². The van der Waals surface area contributed by atoms with Crippen LogP contribution in [0.15, 0.2) is 41.4 Å². The minimum atomic E-state index is -0.354. The number of nitrogens with zero attached hydrogens (tertiary/aromatic N) is 3. The van der Waals surface area contributed by atoms with E-state index in [9.17, 15) is 4.79 Å². The maximum atomic E-state index is 13.3. The predicted molar refractivity (Wildman–Crippen MR) is 110 cm³/mol. The zero-order valence-electron chi connectivity index (χ0n) is 17.4. The average Bonchev–Trinajstić information content (AvgIpc) is 3.25. The summed E-state index contributed by atoms with van der Waals surface area (Å²) in [4.78, 5) is 22.1. The van der Waals surface area contributed by atoms with E-state index in [0.717, 1.165) is 31.6 Å². The summed E-state index contributed by atoms with van der Waals surface area (Å²) < 4.78 is 5.13. The number of carbonyl (C=O) groups is 1. The molecule has 0 saturated carbocycles. The van der Waals surface area contributed by atoms with E-state index in [1.165, 1.54) is 5.70 Å². The molecule has 0 bridgehead atoms. The molecule has 0 aliphatic carbocycles. The lowest BCUT2D eigenvalue weighted by atomic mass is 10.0. The lowest BCUT2D eigenvalue weighted by molar-refractivity contribution is -0.134. The van der Waals surface area contributed by atoms with Crippen LogP contribution in [0.1, 0.15) is 40.0 Å². The Morgan fingerprint density at radius 1 is 1.48 bits per heavy atom. The molecule has 6 heteroatoms. The Bertz CT molecular complexity index is 636. The van der Waals surface area contributed by atoms with E-state index in [0.29, 0.717) is 12.4 Å². The third kappa shape index (κ3) is 4.93. The Labute approximate surface area is 163 Å². The summed E-state index contributed by atoms with van der Waals surface area (Å²) in [7, 11) is 3.60. The fraction of sp³-hybridized carbons (Fsp3) is 0.619. The first-order valence-corrected chi connectivity index (χ1v) is 9.84. The number of amides is 1. The lowest BCUT2D eigenvalue weighted by Gasteiger charge is -2.33. The van der Waals surface area contributed by atoms with Crippen molar-refractivity contribution in [2.45, 2.75) is 52.1 Å². The molecule has 0 unspecified atom stereocenters. The first-order chi connectivity index (χ1) is 12.9. The van der Waals surface area contributed by atoms with Crippen molar-refractivity contribution in [3.63, 3.8) is 0 Å². The van der Waals surface area contributed by atoms with E-state index in [2.05, 4.69) is 41.9 Å². The van der Waals surface area contributed by atoms with Crippen LogP contribution in [0.25, 0.3) is 0 Å². The summed E-state index contributed by atoms with van der Waals surface area (Å²) in [6.07, 6.45) is 9.28. The number of methoxy groups -OCH3 is 1. The summed E-state index contributed by atoms with van der Waals surface area (Å²) in [5.41, 5.74) is 1.17. The Balaban J connectivity index is 2.14. The standard InChI is InChI=1S/C21H34N4O2/c1-7-8-9-11-17-14-22-20(24(17)5)18-12-10-13-25(18)21(26)19(15(2)3)23-16(4)27-6/h8-9,11,15,18-19,23H,4,7,10,12-14H2,1-3,5-6H3/b9-8-,17-11+/t18-,19-/m0/s1. The van der Waals surface area contributed by atoms with E-state index in [1.807, 2.05) is 25.8 Å². The number of likely N-dealkylation sites (tertiary alicyclic amines) is 1. The van der Waals surface area contributed by atoms with Crippen molar-refractivity contribution in [2.75, 3.05) is 27.2 Å². The highest BCUT2D eigenvalue weighted by Gasteiger charge is 2.39. The second kappa shape index (κ2) is 9.62. The number of likely N-dealkylation sites (N-methyl/N-ethyl adjacent to an activating group) is 1. The van der Waals surface area contributed by atoms with Gasteiger partial charge in [0.2, 0.25) is 5.91 Å². The molecule has 0 radical (unpaired) electrons. The van der Waals surface area contributed by atoms with Gasteiger partial charge in [-0.2, -0.15) is 0 Å². The quantitative estimate of drug-likeness (QED) is 0.664. The fourth-order valence-corrected chi connectivity index (χ4v) is 3.55. The van der Waals surface area contributed by atoms with Crippen molar-refractivity contribution < 1.29 is 9.53 Å². The highest BCUT2D eigenvalue weighted by atomic mass is 16.5. The number of aliphatic imine (C=N–C) groups is 1. The molecule has 1 fully saturated rings. The van der Waals surface area contributed by atoms with Crippen LogP contribution in [0.2, 0.25) is 0 Å². The van der Waals surface area contributed by atoms with E-state index in [4.69, 9.17) is 9.73 Å². The molecule has 6 nitrogen and oxygen atoms in total. The minimum Gasteiger partial charge on any atom is -0.483 e. The van der Waals surface area contributed by atoms with E-state index >= 15 is 0 Å². The molecule has 2 aliphatic rings. The fourth-order valence-electron chi connectivity index (χ4n) is 3.55. The summed E-state index contributed by atoms with van der Waals surface area (Å²) in [5, 5.41) is 3.13. The molecular weight excluding hydrogens is 340 g/mol. The molecule has 2 heterocycles. The van der Waals surface area contributed by atoms with Crippen LogP contribution in [0.5, 0.6) is 0 Å². The van der Waals surface area contributed by atoms with Gasteiger partial charge in [-0.1, -0.05) is 32.9 Å². The monoisotopic (exact) mass is 374 g/mol. The predicted octanol–water partition coefficient (Wildman–Crippen LogP) is 2.90. The molecule has 0 aromatic carbocycles. The van der Waals surface area contributed by atoms with Gasteiger partial charge in [0.1, 0.15) is 11.9 Å². The van der Waals surface area contributed by atoms with Crippen LogP contribution in [0.3, 0.4) is 0 Å². The summed E-state index contributed by atoms with van der Waals surface area (Å²) in [6, 6.07) is -0.324. The van der Waals surface area contributed by atoms with Crippen molar-refractivity contribution in [2.24, 2.45) is 10.9 Å². The number of nitrogens with one attached hydrogen (secondary N) is 1. The normalized spacial score (nSPS) is 22.7. The molecular formula is C21H34N4O2. The number of ether oxygens (including phenoxy) is 1. The maximum absolute atomic E-state index is 13.3. The Morgan fingerprint density at radius 2 is 2.22 bits per heavy atom.